The molecule has 6 rings (SSSR count). The van der Waals surface area contributed by atoms with E-state index in [2.05, 4.69) is 48.3 Å². The van der Waals surface area contributed by atoms with Gasteiger partial charge in [-0.25, -0.2) is 0 Å². The Morgan fingerprint density at radius 2 is 1.62 bits per heavy atom. The van der Waals surface area contributed by atoms with Crippen LogP contribution in [0.25, 0.3) is 0 Å². The number of rotatable bonds is 6. The van der Waals surface area contributed by atoms with E-state index >= 15 is 0 Å². The van der Waals surface area contributed by atoms with Crippen molar-refractivity contribution in [2.75, 3.05) is 28.2 Å². The Balaban J connectivity index is 1.45. The number of hydrogen-bond donors (Lipinski definition) is 1. The Morgan fingerprint density at radius 3 is 2.33 bits per heavy atom. The molecule has 40 heavy (non-hydrogen) atoms. The highest BCUT2D eigenvalue weighted by molar-refractivity contribution is 6.11. The number of para-hydroxylation sites is 2. The van der Waals surface area contributed by atoms with Gasteiger partial charge in [0.05, 0.1) is 17.6 Å². The number of anilines is 3. The van der Waals surface area contributed by atoms with E-state index in [1.807, 2.05) is 48.5 Å². The zero-order chi connectivity index (χ0) is 27.6. The number of hydrogen-bond acceptors (Lipinski definition) is 5. The summed E-state index contributed by atoms with van der Waals surface area (Å²) in [5.74, 6) is 0.425. The topological polar surface area (TPSA) is 65.8 Å². The number of ketones is 1. The smallest absolute Gasteiger partial charge is 0.259 e. The van der Waals surface area contributed by atoms with Gasteiger partial charge in [-0.2, -0.15) is 0 Å². The van der Waals surface area contributed by atoms with Crippen molar-refractivity contribution in [3.63, 3.8) is 0 Å². The van der Waals surface area contributed by atoms with Gasteiger partial charge in [0.1, 0.15) is 11.8 Å². The quantitative estimate of drug-likeness (QED) is 0.282. The molecule has 1 amide bonds. The highest BCUT2D eigenvalue weighted by Crippen LogP contribution is 2.48. The van der Waals surface area contributed by atoms with E-state index in [9.17, 15) is 9.59 Å². The SMILES string of the molecule is CCN(CC)c1ccc([C@H]2CC(=O)C3=C(C2)Nc2ccccc2N(C(=O)c2ccccc2)[C@H]3c2ccco2)cc1. The van der Waals surface area contributed by atoms with Crippen LogP contribution < -0.4 is 15.1 Å². The minimum Gasteiger partial charge on any atom is -0.467 e. The molecular formula is C34H33N3O3. The third-order valence-corrected chi connectivity index (χ3v) is 8.03. The molecule has 4 aromatic rings. The van der Waals surface area contributed by atoms with Crippen LogP contribution in [0.5, 0.6) is 0 Å². The van der Waals surface area contributed by atoms with E-state index in [1.165, 1.54) is 5.69 Å². The normalized spacial score (nSPS) is 18.4. The molecule has 1 aliphatic carbocycles. The molecule has 0 spiro atoms. The van der Waals surface area contributed by atoms with Crippen molar-refractivity contribution in [2.24, 2.45) is 0 Å². The molecule has 6 heteroatoms. The van der Waals surface area contributed by atoms with Gasteiger partial charge in [0.2, 0.25) is 0 Å². The van der Waals surface area contributed by atoms with E-state index in [4.69, 9.17) is 4.42 Å². The van der Waals surface area contributed by atoms with Crippen LogP contribution in [0.1, 0.15) is 60.3 Å². The van der Waals surface area contributed by atoms with Gasteiger partial charge in [0.25, 0.3) is 5.91 Å². The van der Waals surface area contributed by atoms with E-state index < -0.39 is 6.04 Å². The lowest BCUT2D eigenvalue weighted by atomic mass is 9.79. The fraction of sp³-hybridized carbons (Fsp3) is 0.235. The third kappa shape index (κ3) is 4.60. The Kier molecular flexibility index (Phi) is 6.99. The summed E-state index contributed by atoms with van der Waals surface area (Å²) in [5, 5.41) is 3.58. The summed E-state index contributed by atoms with van der Waals surface area (Å²) in [6.07, 6.45) is 2.62. The van der Waals surface area contributed by atoms with E-state index in [0.29, 0.717) is 35.4 Å². The molecule has 202 valence electrons. The first-order valence-electron chi connectivity index (χ1n) is 14.0. The average Bonchev–Trinajstić information content (AvgIpc) is 3.48. The second kappa shape index (κ2) is 10.9. The minimum atomic E-state index is -0.688. The van der Waals surface area contributed by atoms with Crippen molar-refractivity contribution in [3.8, 4) is 0 Å². The molecule has 0 bridgehead atoms. The monoisotopic (exact) mass is 531 g/mol. The Morgan fingerprint density at radius 1 is 0.900 bits per heavy atom. The molecule has 2 atom stereocenters. The van der Waals surface area contributed by atoms with Crippen LogP contribution in [0.4, 0.5) is 17.1 Å². The standard InChI is InChI=1S/C34H33N3O3/c1-3-36(4-2)26-18-16-23(17-19-26)25-21-28-32(30(38)22-25)33(31-15-10-20-40-31)37(29-14-9-8-13-27(29)35-28)34(39)24-11-6-5-7-12-24/h5-20,25,33,35H,3-4,21-22H2,1-2H3/t25-,33+/m1/s1. The fourth-order valence-electron chi connectivity index (χ4n) is 6.03. The van der Waals surface area contributed by atoms with E-state index in [1.54, 1.807) is 29.4 Å². The van der Waals surface area contributed by atoms with Crippen molar-refractivity contribution in [1.82, 2.24) is 0 Å². The number of fused-ring (bicyclic) bond motifs is 1. The first kappa shape index (κ1) is 25.7. The van der Waals surface area contributed by atoms with Gasteiger partial charge >= 0.3 is 0 Å². The van der Waals surface area contributed by atoms with Gasteiger partial charge < -0.3 is 14.6 Å². The summed E-state index contributed by atoms with van der Waals surface area (Å²) in [6.45, 7) is 6.21. The molecule has 1 N–H and O–H groups in total. The fourth-order valence-corrected chi connectivity index (χ4v) is 6.03. The third-order valence-electron chi connectivity index (χ3n) is 8.03. The van der Waals surface area contributed by atoms with Gasteiger partial charge in [0, 0.05) is 42.0 Å². The molecule has 0 radical (unpaired) electrons. The number of nitrogens with zero attached hydrogens (tertiary/aromatic N) is 2. The minimum absolute atomic E-state index is 0.0200. The highest BCUT2D eigenvalue weighted by atomic mass is 16.3. The van der Waals surface area contributed by atoms with Crippen LogP contribution in [-0.4, -0.2) is 24.8 Å². The number of Topliss-reactive ketones (excluding diaryl/α,β-unsaturated/α-hetero) is 1. The number of nitrogens with one attached hydrogen (secondary N) is 1. The van der Waals surface area contributed by atoms with E-state index in [0.717, 1.165) is 30.0 Å². The molecule has 0 fully saturated rings. The van der Waals surface area contributed by atoms with Crippen molar-refractivity contribution in [1.29, 1.82) is 0 Å². The predicted molar refractivity (Wildman–Crippen MR) is 159 cm³/mol. The molecule has 0 unspecified atom stereocenters. The largest absolute Gasteiger partial charge is 0.467 e. The van der Waals surface area contributed by atoms with Crippen LogP contribution in [0.3, 0.4) is 0 Å². The molecule has 2 aliphatic rings. The number of benzene rings is 3. The van der Waals surface area contributed by atoms with Crippen molar-refractivity contribution < 1.29 is 14.0 Å². The number of carbonyl (C=O) groups excluding carboxylic acids is 2. The molecule has 2 heterocycles. The maximum atomic E-state index is 14.1. The summed E-state index contributed by atoms with van der Waals surface area (Å²) in [6, 6.07) is 28.5. The van der Waals surface area contributed by atoms with Crippen molar-refractivity contribution >= 4 is 28.8 Å². The lowest BCUT2D eigenvalue weighted by Crippen LogP contribution is -2.38. The van der Waals surface area contributed by atoms with Gasteiger partial charge in [-0.1, -0.05) is 42.5 Å². The van der Waals surface area contributed by atoms with Gasteiger partial charge in [0.15, 0.2) is 5.78 Å². The maximum Gasteiger partial charge on any atom is 0.259 e. The van der Waals surface area contributed by atoms with Crippen LogP contribution in [0.15, 0.2) is 113 Å². The number of carbonyl (C=O) groups is 2. The molecule has 3 aromatic carbocycles. The maximum absolute atomic E-state index is 14.1. The highest BCUT2D eigenvalue weighted by Gasteiger charge is 2.43. The van der Waals surface area contributed by atoms with Gasteiger partial charge in [-0.3, -0.25) is 14.5 Å². The molecule has 1 aliphatic heterocycles. The van der Waals surface area contributed by atoms with Crippen LogP contribution >= 0.6 is 0 Å². The molecule has 6 nitrogen and oxygen atoms in total. The van der Waals surface area contributed by atoms with E-state index in [-0.39, 0.29) is 17.6 Å². The second-order valence-corrected chi connectivity index (χ2v) is 10.3. The Bertz CT molecular complexity index is 1540. The molecule has 0 saturated carbocycles. The van der Waals surface area contributed by atoms with Gasteiger partial charge in [-0.15, -0.1) is 0 Å². The van der Waals surface area contributed by atoms with Crippen LogP contribution in [0.2, 0.25) is 0 Å². The number of furan rings is 1. The average molecular weight is 532 g/mol. The first-order chi connectivity index (χ1) is 19.6. The lowest BCUT2D eigenvalue weighted by molar-refractivity contribution is -0.116. The zero-order valence-electron chi connectivity index (χ0n) is 22.8. The first-order valence-corrected chi connectivity index (χ1v) is 14.0. The van der Waals surface area contributed by atoms with Crippen LogP contribution in [0, 0.1) is 0 Å². The Hall–Kier alpha value is -4.58. The summed E-state index contributed by atoms with van der Waals surface area (Å²) in [4.78, 5) is 32.3. The van der Waals surface area contributed by atoms with Crippen molar-refractivity contribution in [2.45, 2.75) is 38.6 Å². The summed E-state index contributed by atoms with van der Waals surface area (Å²) in [7, 11) is 0. The molecular weight excluding hydrogens is 498 g/mol. The zero-order valence-corrected chi connectivity index (χ0v) is 22.8. The lowest BCUT2D eigenvalue weighted by Gasteiger charge is -2.33. The van der Waals surface area contributed by atoms with Crippen LogP contribution in [-0.2, 0) is 4.79 Å². The summed E-state index contributed by atoms with van der Waals surface area (Å²) in [5.41, 5.74) is 5.80. The summed E-state index contributed by atoms with van der Waals surface area (Å²) < 4.78 is 5.91. The Labute approximate surface area is 234 Å². The van der Waals surface area contributed by atoms with Gasteiger partial charge in [-0.05, 0) is 80.3 Å². The second-order valence-electron chi connectivity index (χ2n) is 10.3. The number of amides is 1. The molecule has 1 aromatic heterocycles. The molecule has 0 saturated heterocycles. The summed E-state index contributed by atoms with van der Waals surface area (Å²) >= 11 is 0. The van der Waals surface area contributed by atoms with Crippen molar-refractivity contribution in [3.05, 3.63) is 125 Å². The number of allylic oxidation sites excluding steroid dienone is 1. The predicted octanol–water partition coefficient (Wildman–Crippen LogP) is 7.34.